The van der Waals surface area contributed by atoms with Crippen molar-refractivity contribution >= 4 is 8.07 Å². The minimum Gasteiger partial charge on any atom is -1.00 e. The maximum atomic E-state index is 9.18. The Hall–Kier alpha value is 0.0112. The number of phenolic OH excluding ortho intramolecular Hbond substituents is 1. The van der Waals surface area contributed by atoms with Crippen LogP contribution in [0, 0.1) is 6.08 Å². The van der Waals surface area contributed by atoms with E-state index in [-0.39, 0.29) is 51.9 Å². The second-order valence-electron chi connectivity index (χ2n) is 7.25. The smallest absolute Gasteiger partial charge is 0.115 e. The van der Waals surface area contributed by atoms with E-state index in [4.69, 9.17) is 0 Å². The molecule has 0 saturated carbocycles. The summed E-state index contributed by atoms with van der Waals surface area (Å²) in [6, 6.07) is 7.39. The van der Waals surface area contributed by atoms with Gasteiger partial charge in [-0.3, -0.25) is 6.08 Å². The number of phenols is 1. The Labute approximate surface area is 170 Å². The Morgan fingerprint density at radius 1 is 1.09 bits per heavy atom. The van der Waals surface area contributed by atoms with Crippen LogP contribution in [0.15, 0.2) is 41.6 Å². The molecular formula is C18H27Cl2OSiTi-3. The molecule has 0 bridgehead atoms. The molecule has 0 heterocycles. The Morgan fingerprint density at radius 3 is 1.91 bits per heavy atom. The average Bonchev–Trinajstić information content (AvgIpc) is 2.81. The standard InChI is InChI=1S/C10H14O.C8H13Si.2ClH.Ti/c1-10(2,3)8-5-4-6-9(11)7-8;1-9(2,3)8-6-4-5-7-8;;;/h4-7,11H,1-3H3;4,6H,5H2,1-3H3;2*1H;/q;-1;;;/p-2. The number of aromatic hydroxyl groups is 1. The normalized spacial score (nSPS) is 12.7. The first-order valence-corrected chi connectivity index (χ1v) is 10.7. The Morgan fingerprint density at radius 2 is 1.65 bits per heavy atom. The van der Waals surface area contributed by atoms with Crippen LogP contribution in [0.25, 0.3) is 0 Å². The second-order valence-corrected chi connectivity index (χ2v) is 12.3. The van der Waals surface area contributed by atoms with Crippen molar-refractivity contribution in [3.05, 3.63) is 53.3 Å². The van der Waals surface area contributed by atoms with Crippen LogP contribution in [0.1, 0.15) is 32.8 Å². The van der Waals surface area contributed by atoms with Crippen LogP contribution in [-0.4, -0.2) is 13.2 Å². The fourth-order valence-corrected chi connectivity index (χ4v) is 3.14. The molecule has 2 rings (SSSR count). The van der Waals surface area contributed by atoms with Gasteiger partial charge in [-0.2, -0.15) is 6.08 Å². The molecule has 1 aliphatic rings. The molecule has 1 aromatic carbocycles. The van der Waals surface area contributed by atoms with Crippen molar-refractivity contribution in [1.82, 2.24) is 0 Å². The summed E-state index contributed by atoms with van der Waals surface area (Å²) in [7, 11) is -1.01. The van der Waals surface area contributed by atoms with E-state index in [2.05, 4.69) is 58.6 Å². The first kappa shape index (κ1) is 27.8. The van der Waals surface area contributed by atoms with Gasteiger partial charge in [-0.05, 0) is 23.1 Å². The molecule has 0 atom stereocenters. The zero-order valence-corrected chi connectivity index (χ0v) is 18.9. The summed E-state index contributed by atoms with van der Waals surface area (Å²) < 4.78 is 0. The molecule has 0 fully saturated rings. The topological polar surface area (TPSA) is 20.2 Å². The van der Waals surface area contributed by atoms with Gasteiger partial charge in [0.1, 0.15) is 5.75 Å². The van der Waals surface area contributed by atoms with Crippen molar-refractivity contribution in [2.45, 2.75) is 52.2 Å². The van der Waals surface area contributed by atoms with Crippen molar-refractivity contribution < 1.29 is 51.6 Å². The molecule has 0 spiro atoms. The van der Waals surface area contributed by atoms with Gasteiger partial charge in [0.05, 0.1) is 0 Å². The zero-order chi connectivity index (χ0) is 15.4. The van der Waals surface area contributed by atoms with Crippen LogP contribution in [0.2, 0.25) is 19.6 Å². The van der Waals surface area contributed by atoms with Gasteiger partial charge in [0.15, 0.2) is 0 Å². The van der Waals surface area contributed by atoms with Crippen molar-refractivity contribution in [2.24, 2.45) is 0 Å². The number of hydrogen-bond acceptors (Lipinski definition) is 1. The molecule has 23 heavy (non-hydrogen) atoms. The van der Waals surface area contributed by atoms with E-state index in [1.54, 1.807) is 12.1 Å². The zero-order valence-electron chi connectivity index (χ0n) is 14.9. The van der Waals surface area contributed by atoms with Crippen LogP contribution < -0.4 is 24.8 Å². The molecule has 5 heteroatoms. The van der Waals surface area contributed by atoms with Crippen molar-refractivity contribution in [3.63, 3.8) is 0 Å². The van der Waals surface area contributed by atoms with Crippen LogP contribution in [0.3, 0.4) is 0 Å². The fraction of sp³-hybridized carbons (Fsp3) is 0.444. The van der Waals surface area contributed by atoms with Gasteiger partial charge in [-0.15, -0.1) is 6.42 Å². The number of benzene rings is 1. The summed E-state index contributed by atoms with van der Waals surface area (Å²) in [6.07, 6.45) is 8.82. The van der Waals surface area contributed by atoms with E-state index in [9.17, 15) is 5.11 Å². The molecule has 0 saturated heterocycles. The average molecular weight is 406 g/mol. The van der Waals surface area contributed by atoms with Crippen molar-refractivity contribution in [2.75, 3.05) is 0 Å². The third-order valence-electron chi connectivity index (χ3n) is 3.22. The fourth-order valence-electron chi connectivity index (χ4n) is 1.89. The van der Waals surface area contributed by atoms with E-state index in [1.165, 1.54) is 5.20 Å². The van der Waals surface area contributed by atoms with Gasteiger partial charge in [0.25, 0.3) is 0 Å². The van der Waals surface area contributed by atoms with Gasteiger partial charge in [0, 0.05) is 29.8 Å². The van der Waals surface area contributed by atoms with E-state index >= 15 is 0 Å². The minimum atomic E-state index is -1.01. The summed E-state index contributed by atoms with van der Waals surface area (Å²) in [6.45, 7) is 13.4. The maximum Gasteiger partial charge on any atom is 0.115 e. The Kier molecular flexibility index (Phi) is 14.0. The molecule has 0 unspecified atom stereocenters. The van der Waals surface area contributed by atoms with Crippen LogP contribution in [0.5, 0.6) is 5.75 Å². The third-order valence-corrected chi connectivity index (χ3v) is 5.17. The molecule has 0 aromatic heterocycles. The predicted octanol–water partition coefficient (Wildman–Crippen LogP) is -0.752. The molecule has 130 valence electrons. The van der Waals surface area contributed by atoms with E-state index < -0.39 is 8.07 Å². The van der Waals surface area contributed by atoms with E-state index in [0.717, 1.165) is 12.0 Å². The van der Waals surface area contributed by atoms with Gasteiger partial charge < -0.3 is 29.9 Å². The van der Waals surface area contributed by atoms with Crippen LogP contribution in [0.4, 0.5) is 0 Å². The van der Waals surface area contributed by atoms with E-state index in [0.29, 0.717) is 5.75 Å². The van der Waals surface area contributed by atoms with Gasteiger partial charge >= 0.3 is 0 Å². The third kappa shape index (κ3) is 10.5. The maximum absolute atomic E-state index is 9.18. The van der Waals surface area contributed by atoms with Gasteiger partial charge in [-0.25, -0.2) is 11.3 Å². The largest absolute Gasteiger partial charge is 1.00 e. The molecular weight excluding hydrogens is 379 g/mol. The molecule has 0 amide bonds. The second kappa shape index (κ2) is 11.5. The first-order valence-electron chi connectivity index (χ1n) is 7.18. The molecule has 1 nitrogen and oxygen atoms in total. The number of hydrogen-bond donors (Lipinski definition) is 1. The summed E-state index contributed by atoms with van der Waals surface area (Å²) >= 11 is 0. The first-order chi connectivity index (χ1) is 9.10. The molecule has 1 N–H and O–H groups in total. The van der Waals surface area contributed by atoms with Crippen LogP contribution in [-0.2, 0) is 27.1 Å². The monoisotopic (exact) mass is 405 g/mol. The molecule has 1 aliphatic carbocycles. The van der Waals surface area contributed by atoms with Gasteiger partial charge in [-0.1, -0.05) is 52.5 Å². The summed E-state index contributed by atoms with van der Waals surface area (Å²) in [5.74, 6) is 0.345. The molecule has 0 aliphatic heterocycles. The van der Waals surface area contributed by atoms with Crippen molar-refractivity contribution in [1.29, 1.82) is 0 Å². The van der Waals surface area contributed by atoms with Crippen LogP contribution >= 0.6 is 0 Å². The molecule has 0 radical (unpaired) electrons. The summed E-state index contributed by atoms with van der Waals surface area (Å²) in [4.78, 5) is 0. The Bertz CT molecular complexity index is 514. The predicted molar refractivity (Wildman–Crippen MR) is 90.7 cm³/mol. The van der Waals surface area contributed by atoms with E-state index in [1.807, 2.05) is 12.1 Å². The Balaban J connectivity index is -0.000000312. The molecule has 1 aromatic rings. The SMILES string of the molecule is CC(C)(C)c1cccc(O)c1.C[Si](C)(C)C1=[C-]CC=C1.[Cl-].[Cl-].[Ti]. The summed E-state index contributed by atoms with van der Waals surface area (Å²) in [5, 5.41) is 10.7. The summed E-state index contributed by atoms with van der Waals surface area (Å²) in [5.41, 5.74) is 1.29. The number of rotatable bonds is 1. The number of allylic oxidation sites excluding steroid dienone is 4. The van der Waals surface area contributed by atoms with Crippen molar-refractivity contribution in [3.8, 4) is 5.75 Å². The minimum absolute atomic E-state index is 0. The quantitative estimate of drug-likeness (QED) is 0.481. The van der Waals surface area contributed by atoms with Gasteiger partial charge in [0.2, 0.25) is 0 Å². The number of halogens is 2.